The summed E-state index contributed by atoms with van der Waals surface area (Å²) >= 11 is 5.48. The van der Waals surface area contributed by atoms with E-state index in [1.54, 1.807) is 12.1 Å². The Morgan fingerprint density at radius 1 is 0.875 bits per heavy atom. The molecule has 0 saturated carbocycles. The van der Waals surface area contributed by atoms with Crippen molar-refractivity contribution in [1.82, 2.24) is 0 Å². The van der Waals surface area contributed by atoms with E-state index in [9.17, 15) is 8.78 Å². The Balaban J connectivity index is 2.57. The van der Waals surface area contributed by atoms with Gasteiger partial charge in [0.05, 0.1) is 5.02 Å². The van der Waals surface area contributed by atoms with Crippen molar-refractivity contribution in [1.29, 1.82) is 0 Å². The summed E-state index contributed by atoms with van der Waals surface area (Å²) in [4.78, 5) is 0. The van der Waals surface area contributed by atoms with Crippen molar-refractivity contribution in [3.05, 3.63) is 58.6 Å². The smallest absolute Gasteiger partial charge is 0.178 e. The van der Waals surface area contributed by atoms with Gasteiger partial charge < -0.3 is 0 Å². The zero-order valence-electron chi connectivity index (χ0n) is 8.60. The molecule has 0 bridgehead atoms. The van der Waals surface area contributed by atoms with Gasteiger partial charge in [-0.15, -0.1) is 0 Å². The maximum absolute atomic E-state index is 13.6. The largest absolute Gasteiger partial charge is 0.203 e. The van der Waals surface area contributed by atoms with Gasteiger partial charge in [0.1, 0.15) is 0 Å². The number of hydrogen-bond donors (Lipinski definition) is 0. The second-order valence-corrected chi connectivity index (χ2v) is 4.00. The molecule has 2 rings (SSSR count). The molecule has 0 atom stereocenters. The van der Waals surface area contributed by atoms with Crippen LogP contribution in [-0.2, 0) is 0 Å². The van der Waals surface area contributed by atoms with Crippen LogP contribution < -0.4 is 0 Å². The van der Waals surface area contributed by atoms with Crippen LogP contribution in [0.25, 0.3) is 11.1 Å². The highest BCUT2D eigenvalue weighted by Crippen LogP contribution is 2.28. The Labute approximate surface area is 97.5 Å². The van der Waals surface area contributed by atoms with Crippen LogP contribution in [0.5, 0.6) is 0 Å². The first kappa shape index (κ1) is 11.1. The average molecular weight is 239 g/mol. The number of rotatable bonds is 1. The van der Waals surface area contributed by atoms with Crippen LogP contribution in [0.4, 0.5) is 8.78 Å². The maximum Gasteiger partial charge on any atom is 0.178 e. The first-order chi connectivity index (χ1) is 7.59. The molecule has 2 aromatic rings. The Morgan fingerprint density at radius 3 is 2.12 bits per heavy atom. The molecule has 0 nitrogen and oxygen atoms in total. The summed E-state index contributed by atoms with van der Waals surface area (Å²) in [6.45, 7) is 1.93. The third-order valence-corrected chi connectivity index (χ3v) is 2.69. The molecule has 2 aromatic carbocycles. The van der Waals surface area contributed by atoms with Crippen LogP contribution in [0.2, 0.25) is 5.02 Å². The van der Waals surface area contributed by atoms with E-state index in [1.165, 1.54) is 12.1 Å². The summed E-state index contributed by atoms with van der Waals surface area (Å²) < 4.78 is 26.8. The topological polar surface area (TPSA) is 0 Å². The summed E-state index contributed by atoms with van der Waals surface area (Å²) in [5.74, 6) is -1.91. The zero-order valence-corrected chi connectivity index (χ0v) is 9.35. The van der Waals surface area contributed by atoms with Crippen molar-refractivity contribution in [2.75, 3.05) is 0 Å². The van der Waals surface area contributed by atoms with E-state index < -0.39 is 11.6 Å². The SMILES string of the molecule is Cc1ccc(-c2ccc(Cl)c(F)c2F)cc1. The minimum atomic E-state index is -1.00. The van der Waals surface area contributed by atoms with E-state index in [2.05, 4.69) is 0 Å². The third kappa shape index (κ3) is 1.93. The molecule has 3 heteroatoms. The Hall–Kier alpha value is -1.41. The summed E-state index contributed by atoms with van der Waals surface area (Å²) in [5.41, 5.74) is 1.93. The molecule has 0 saturated heterocycles. The Bertz CT molecular complexity index is 518. The van der Waals surface area contributed by atoms with E-state index >= 15 is 0 Å². The normalized spacial score (nSPS) is 10.5. The van der Waals surface area contributed by atoms with Gasteiger partial charge in [0.2, 0.25) is 0 Å². The molecule has 0 aromatic heterocycles. The lowest BCUT2D eigenvalue weighted by Crippen LogP contribution is -1.90. The minimum Gasteiger partial charge on any atom is -0.203 e. The number of halogens is 3. The number of benzene rings is 2. The molecule has 0 spiro atoms. The zero-order chi connectivity index (χ0) is 11.7. The monoisotopic (exact) mass is 238 g/mol. The molecule has 0 fully saturated rings. The lowest BCUT2D eigenvalue weighted by atomic mass is 10.0. The number of hydrogen-bond acceptors (Lipinski definition) is 0. The minimum absolute atomic E-state index is 0.201. The van der Waals surface area contributed by atoms with Gasteiger partial charge in [0.25, 0.3) is 0 Å². The van der Waals surface area contributed by atoms with Gasteiger partial charge in [0, 0.05) is 5.56 Å². The van der Waals surface area contributed by atoms with Crippen LogP contribution in [0.15, 0.2) is 36.4 Å². The van der Waals surface area contributed by atoms with Crippen LogP contribution in [-0.4, -0.2) is 0 Å². The molecular formula is C13H9ClF2. The maximum atomic E-state index is 13.6. The lowest BCUT2D eigenvalue weighted by Gasteiger charge is -2.05. The second kappa shape index (κ2) is 4.22. The first-order valence-corrected chi connectivity index (χ1v) is 5.18. The van der Waals surface area contributed by atoms with Gasteiger partial charge in [-0.3, -0.25) is 0 Å². The van der Waals surface area contributed by atoms with Gasteiger partial charge in [-0.2, -0.15) is 0 Å². The number of aryl methyl sites for hydroxylation is 1. The fourth-order valence-electron chi connectivity index (χ4n) is 1.48. The molecule has 0 aliphatic rings. The van der Waals surface area contributed by atoms with Crippen LogP contribution in [0, 0.1) is 18.6 Å². The van der Waals surface area contributed by atoms with E-state index in [0.29, 0.717) is 5.56 Å². The summed E-state index contributed by atoms with van der Waals surface area (Å²) in [7, 11) is 0. The van der Waals surface area contributed by atoms with Crippen molar-refractivity contribution in [2.24, 2.45) is 0 Å². The molecule has 0 radical (unpaired) electrons. The van der Waals surface area contributed by atoms with E-state index in [4.69, 9.17) is 11.6 Å². The summed E-state index contributed by atoms with van der Waals surface area (Å²) in [6.07, 6.45) is 0. The fraction of sp³-hybridized carbons (Fsp3) is 0.0769. The average Bonchev–Trinajstić information content (AvgIpc) is 2.28. The lowest BCUT2D eigenvalue weighted by molar-refractivity contribution is 0.511. The fourth-order valence-corrected chi connectivity index (χ4v) is 1.63. The summed E-state index contributed by atoms with van der Waals surface area (Å²) in [5, 5.41) is -0.201. The van der Waals surface area contributed by atoms with Crippen molar-refractivity contribution in [3.8, 4) is 11.1 Å². The Kier molecular flexibility index (Phi) is 2.92. The van der Waals surface area contributed by atoms with E-state index in [0.717, 1.165) is 5.56 Å². The van der Waals surface area contributed by atoms with Crippen LogP contribution in [0.1, 0.15) is 5.56 Å². The second-order valence-electron chi connectivity index (χ2n) is 3.59. The van der Waals surface area contributed by atoms with Crippen molar-refractivity contribution in [3.63, 3.8) is 0 Å². The first-order valence-electron chi connectivity index (χ1n) is 4.80. The third-order valence-electron chi connectivity index (χ3n) is 2.40. The molecule has 0 N–H and O–H groups in total. The molecule has 0 heterocycles. The van der Waals surface area contributed by atoms with Crippen molar-refractivity contribution < 1.29 is 8.78 Å². The molecule has 0 aliphatic carbocycles. The van der Waals surface area contributed by atoms with E-state index in [-0.39, 0.29) is 10.6 Å². The van der Waals surface area contributed by atoms with Crippen molar-refractivity contribution >= 4 is 11.6 Å². The van der Waals surface area contributed by atoms with Crippen molar-refractivity contribution in [2.45, 2.75) is 6.92 Å². The van der Waals surface area contributed by atoms with E-state index in [1.807, 2.05) is 19.1 Å². The quantitative estimate of drug-likeness (QED) is 0.638. The molecular weight excluding hydrogens is 230 g/mol. The van der Waals surface area contributed by atoms with Gasteiger partial charge in [-0.1, -0.05) is 41.4 Å². The molecule has 0 unspecified atom stereocenters. The molecule has 16 heavy (non-hydrogen) atoms. The standard InChI is InChI=1S/C13H9ClF2/c1-8-2-4-9(5-3-8)10-6-7-11(14)13(16)12(10)15/h2-7H,1H3. The molecule has 82 valence electrons. The highest BCUT2D eigenvalue weighted by Gasteiger charge is 2.13. The molecule has 0 amide bonds. The van der Waals surface area contributed by atoms with Crippen LogP contribution >= 0.6 is 11.6 Å². The summed E-state index contributed by atoms with van der Waals surface area (Å²) in [6, 6.07) is 10.0. The van der Waals surface area contributed by atoms with Gasteiger partial charge >= 0.3 is 0 Å². The highest BCUT2D eigenvalue weighted by atomic mass is 35.5. The molecule has 0 aliphatic heterocycles. The predicted molar refractivity (Wildman–Crippen MR) is 61.5 cm³/mol. The van der Waals surface area contributed by atoms with Crippen LogP contribution in [0.3, 0.4) is 0 Å². The van der Waals surface area contributed by atoms with Gasteiger partial charge in [-0.25, -0.2) is 8.78 Å². The van der Waals surface area contributed by atoms with Gasteiger partial charge in [0.15, 0.2) is 11.6 Å². The highest BCUT2D eigenvalue weighted by molar-refractivity contribution is 6.30. The predicted octanol–water partition coefficient (Wildman–Crippen LogP) is 4.59. The Morgan fingerprint density at radius 2 is 1.50 bits per heavy atom. The van der Waals surface area contributed by atoms with Gasteiger partial charge in [-0.05, 0) is 24.6 Å².